The Morgan fingerprint density at radius 3 is 2.06 bits per heavy atom. The molecule has 10 N–H and O–H groups in total. The molecular weight excluding hydrogens is 852 g/mol. The number of aliphatic hydroxyl groups excluding tert-OH is 9. The van der Waals surface area contributed by atoms with E-state index in [9.17, 15) is 60.7 Å². The SMILES string of the molecule is CC1(C)CC[C@]2(C(=O)O[C@@H]3O[C@H](CO)[C@@H](O)[C@H](O)[C@H]3O)CC[C@]3(C)C(=CC[C@@H]4[C@@]5(C)CC[C@H](O[C@@H]6O[C@H](C(=O)O)[C@@H](O)[C@H](O)[C@H]6O[C@H]6OC[C@@H](O)[C@H](O)[C@H]6O)C(C)(C)[C@@H]5CC[C@]43C)[C@H]2C1. The van der Waals surface area contributed by atoms with Gasteiger partial charge in [0.05, 0.1) is 24.7 Å². The lowest BCUT2D eigenvalue weighted by molar-refractivity contribution is -0.366. The summed E-state index contributed by atoms with van der Waals surface area (Å²) >= 11 is 0. The van der Waals surface area contributed by atoms with Gasteiger partial charge in [-0.15, -0.1) is 0 Å². The monoisotopic (exact) mass is 926 g/mol. The van der Waals surface area contributed by atoms with Crippen molar-refractivity contribution < 1.29 is 89.1 Å². The Hall–Kier alpha value is -1.88. The highest BCUT2D eigenvalue weighted by Crippen LogP contribution is 2.76. The molecule has 370 valence electrons. The Balaban J connectivity index is 1.05. The number of ether oxygens (including phenoxy) is 6. The number of aliphatic carboxylic acids is 1. The molecule has 0 unspecified atom stereocenters. The van der Waals surface area contributed by atoms with Crippen molar-refractivity contribution in [1.82, 2.24) is 0 Å². The third-order valence-corrected chi connectivity index (χ3v) is 18.9. The average molecular weight is 927 g/mol. The van der Waals surface area contributed by atoms with E-state index in [1.807, 2.05) is 0 Å². The summed E-state index contributed by atoms with van der Waals surface area (Å²) in [6, 6.07) is 0. The molecule has 8 aliphatic rings. The maximum atomic E-state index is 14.7. The summed E-state index contributed by atoms with van der Waals surface area (Å²) in [5.41, 5.74) is -0.900. The Bertz CT molecular complexity index is 1820. The molecule has 65 heavy (non-hydrogen) atoms. The minimum atomic E-state index is -1.92. The van der Waals surface area contributed by atoms with Gasteiger partial charge in [0, 0.05) is 0 Å². The van der Waals surface area contributed by atoms with E-state index in [0.717, 1.165) is 44.9 Å². The van der Waals surface area contributed by atoms with Gasteiger partial charge in [-0.05, 0) is 109 Å². The lowest BCUT2D eigenvalue weighted by atomic mass is 9.33. The molecule has 0 spiro atoms. The van der Waals surface area contributed by atoms with Crippen LogP contribution in [0.15, 0.2) is 11.6 Å². The molecule has 18 nitrogen and oxygen atoms in total. The molecule has 0 aromatic rings. The van der Waals surface area contributed by atoms with Crippen molar-refractivity contribution in [3.8, 4) is 0 Å². The second kappa shape index (κ2) is 17.2. The van der Waals surface area contributed by atoms with Crippen molar-refractivity contribution in [2.24, 2.45) is 50.2 Å². The van der Waals surface area contributed by atoms with E-state index in [1.54, 1.807) is 0 Å². The van der Waals surface area contributed by atoms with Crippen molar-refractivity contribution in [3.63, 3.8) is 0 Å². The number of carboxylic acid groups (broad SMARTS) is 1. The molecule has 18 heteroatoms. The quantitative estimate of drug-likeness (QED) is 0.0918. The Labute approximate surface area is 380 Å². The Morgan fingerprint density at radius 2 is 1.38 bits per heavy atom. The van der Waals surface area contributed by atoms with Crippen LogP contribution in [0.25, 0.3) is 0 Å². The summed E-state index contributed by atoms with van der Waals surface area (Å²) in [5, 5.41) is 105. The summed E-state index contributed by atoms with van der Waals surface area (Å²) in [6.45, 7) is 14.9. The zero-order valence-corrected chi connectivity index (χ0v) is 38.7. The van der Waals surface area contributed by atoms with Crippen molar-refractivity contribution >= 4 is 11.9 Å². The molecule has 0 radical (unpaired) electrons. The van der Waals surface area contributed by atoms with Crippen LogP contribution in [0.1, 0.15) is 113 Å². The number of aliphatic hydroxyl groups is 9. The van der Waals surface area contributed by atoms with Gasteiger partial charge in [-0.1, -0.05) is 60.1 Å². The normalized spacial score (nSPS) is 52.7. The second-order valence-corrected chi connectivity index (χ2v) is 23.1. The first-order valence-corrected chi connectivity index (χ1v) is 23.7. The molecule has 22 atom stereocenters. The van der Waals surface area contributed by atoms with Crippen LogP contribution in [0.2, 0.25) is 0 Å². The van der Waals surface area contributed by atoms with Crippen LogP contribution in [-0.4, -0.2) is 168 Å². The highest BCUT2D eigenvalue weighted by molar-refractivity contribution is 5.79. The molecule has 5 aliphatic carbocycles. The van der Waals surface area contributed by atoms with Crippen LogP contribution < -0.4 is 0 Å². The van der Waals surface area contributed by atoms with Crippen molar-refractivity contribution in [1.29, 1.82) is 0 Å². The van der Waals surface area contributed by atoms with Crippen LogP contribution in [0.5, 0.6) is 0 Å². The van der Waals surface area contributed by atoms with E-state index in [2.05, 4.69) is 54.5 Å². The molecule has 0 amide bonds. The first-order chi connectivity index (χ1) is 30.3. The van der Waals surface area contributed by atoms with Crippen LogP contribution in [-0.2, 0) is 38.0 Å². The van der Waals surface area contributed by atoms with Crippen LogP contribution in [0.4, 0.5) is 0 Å². The largest absolute Gasteiger partial charge is 0.479 e. The number of carbonyl (C=O) groups is 2. The van der Waals surface area contributed by atoms with Gasteiger partial charge in [0.1, 0.15) is 61.0 Å². The van der Waals surface area contributed by atoms with Gasteiger partial charge in [0.15, 0.2) is 18.7 Å². The minimum Gasteiger partial charge on any atom is -0.479 e. The summed E-state index contributed by atoms with van der Waals surface area (Å²) in [5.74, 6) is -1.83. The number of hydrogen-bond acceptors (Lipinski definition) is 17. The molecule has 7 fully saturated rings. The standard InChI is InChI=1S/C47H74O18/c1-42(2)14-16-47(41(59)65-39-34(56)30(52)29(51)24(19-48)61-39)17-15-45(6)21(22(47)18-42)8-9-26-44(5)12-11-27(43(3,4)25(44)10-13-46(26,45)7)62-40-36(32(54)31(53)35(63-40)37(57)58)64-38-33(55)28(50)23(49)20-60-38/h8,22-36,38-40,48-56H,9-20H2,1-7H3,(H,57,58)/t22-,23-,24-,25+,26-,27+,28+,29-,30+,31+,32+,33-,34-,35+,36-,38-,39+,40-,44+,45-,46-,47+/m1/s1. The van der Waals surface area contributed by atoms with Gasteiger partial charge in [-0.2, -0.15) is 0 Å². The maximum absolute atomic E-state index is 14.7. The molecule has 4 saturated carbocycles. The van der Waals surface area contributed by atoms with Gasteiger partial charge < -0.3 is 79.5 Å². The molecule has 3 heterocycles. The fraction of sp³-hybridized carbons (Fsp3) is 0.915. The Kier molecular flexibility index (Phi) is 13.1. The molecular formula is C47H74O18. The van der Waals surface area contributed by atoms with Gasteiger partial charge >= 0.3 is 11.9 Å². The third-order valence-electron chi connectivity index (χ3n) is 18.9. The van der Waals surface area contributed by atoms with E-state index >= 15 is 0 Å². The van der Waals surface area contributed by atoms with Crippen molar-refractivity contribution in [2.45, 2.75) is 205 Å². The number of hydrogen-bond donors (Lipinski definition) is 10. The molecule has 8 rings (SSSR count). The van der Waals surface area contributed by atoms with E-state index < -0.39 is 121 Å². The molecule has 0 bridgehead atoms. The average Bonchev–Trinajstić information content (AvgIpc) is 3.24. The molecule has 3 saturated heterocycles. The van der Waals surface area contributed by atoms with Gasteiger partial charge in [0.2, 0.25) is 6.29 Å². The number of allylic oxidation sites excluding steroid dienone is 2. The lowest BCUT2D eigenvalue weighted by Crippen LogP contribution is -2.67. The fourth-order valence-electron chi connectivity index (χ4n) is 14.7. The number of carbonyl (C=O) groups excluding carboxylic acids is 1. The van der Waals surface area contributed by atoms with Gasteiger partial charge in [0.25, 0.3) is 0 Å². The molecule has 3 aliphatic heterocycles. The smallest absolute Gasteiger partial charge is 0.335 e. The van der Waals surface area contributed by atoms with E-state index in [-0.39, 0.29) is 46.0 Å². The topological polar surface area (TPSA) is 292 Å². The molecule has 0 aromatic heterocycles. The summed E-state index contributed by atoms with van der Waals surface area (Å²) in [6.07, 6.45) is -13.7. The lowest BCUT2D eigenvalue weighted by Gasteiger charge is -2.71. The highest BCUT2D eigenvalue weighted by atomic mass is 16.8. The van der Waals surface area contributed by atoms with Crippen molar-refractivity contribution in [3.05, 3.63) is 11.6 Å². The van der Waals surface area contributed by atoms with Gasteiger partial charge in [-0.25, -0.2) is 4.79 Å². The minimum absolute atomic E-state index is 0.0713. The zero-order chi connectivity index (χ0) is 47.6. The van der Waals surface area contributed by atoms with E-state index in [0.29, 0.717) is 19.3 Å². The van der Waals surface area contributed by atoms with E-state index in [1.165, 1.54) is 5.57 Å². The number of fused-ring (bicyclic) bond motifs is 7. The summed E-state index contributed by atoms with van der Waals surface area (Å²) in [4.78, 5) is 26.9. The molecule has 0 aromatic carbocycles. The number of esters is 1. The highest BCUT2D eigenvalue weighted by Gasteiger charge is 2.70. The van der Waals surface area contributed by atoms with E-state index in [4.69, 9.17) is 28.4 Å². The van der Waals surface area contributed by atoms with Crippen molar-refractivity contribution in [2.75, 3.05) is 13.2 Å². The summed E-state index contributed by atoms with van der Waals surface area (Å²) in [7, 11) is 0. The maximum Gasteiger partial charge on any atom is 0.335 e. The zero-order valence-electron chi connectivity index (χ0n) is 38.7. The first kappa shape index (κ1) is 49.5. The summed E-state index contributed by atoms with van der Waals surface area (Å²) < 4.78 is 35.5. The fourth-order valence-corrected chi connectivity index (χ4v) is 14.7. The van der Waals surface area contributed by atoms with Crippen LogP contribution in [0, 0.1) is 50.2 Å². The number of carboxylic acids is 1. The Morgan fingerprint density at radius 1 is 0.708 bits per heavy atom. The predicted molar refractivity (Wildman–Crippen MR) is 225 cm³/mol. The van der Waals surface area contributed by atoms with Crippen LogP contribution in [0.3, 0.4) is 0 Å². The second-order valence-electron chi connectivity index (χ2n) is 23.1. The first-order valence-electron chi connectivity index (χ1n) is 23.7. The van der Waals surface area contributed by atoms with Gasteiger partial charge in [-0.3, -0.25) is 4.79 Å². The third kappa shape index (κ3) is 7.76. The predicted octanol–water partition coefficient (Wildman–Crippen LogP) is 0.872. The number of rotatable bonds is 8. The van der Waals surface area contributed by atoms with Crippen LogP contribution >= 0.6 is 0 Å².